The molecule has 1 N–H and O–H groups in total. The maximum Gasteiger partial charge on any atom is 0.248 e. The summed E-state index contributed by atoms with van der Waals surface area (Å²) >= 11 is 0. The molecule has 1 amide bonds. The number of aliphatic carboxylic acids is 1. The van der Waals surface area contributed by atoms with E-state index in [0.29, 0.717) is 24.1 Å². The second-order valence-corrected chi connectivity index (χ2v) is 3.07. The fourth-order valence-corrected chi connectivity index (χ4v) is 1.17. The van der Waals surface area contributed by atoms with Gasteiger partial charge in [-0.3, -0.25) is 4.79 Å². The monoisotopic (exact) mass is 234 g/mol. The Morgan fingerprint density at radius 1 is 1.35 bits per heavy atom. The molecule has 0 unspecified atom stereocenters. The number of carboxylic acids is 1. The van der Waals surface area contributed by atoms with Gasteiger partial charge in [-0.2, -0.15) is 0 Å². The zero-order chi connectivity index (χ0) is 12.7. The molecular weight excluding hydrogens is 222 g/mol. The highest BCUT2D eigenvalue weighted by molar-refractivity contribution is 6.02. The number of rotatable bonds is 5. The Morgan fingerprint density at radius 2 is 2.06 bits per heavy atom. The lowest BCUT2D eigenvalue weighted by molar-refractivity contribution is -0.297. The van der Waals surface area contributed by atoms with Crippen molar-refractivity contribution in [3.05, 3.63) is 36.4 Å². The highest BCUT2D eigenvalue weighted by Gasteiger charge is 2.04. The number of hydrogen-bond acceptors (Lipinski definition) is 4. The first-order chi connectivity index (χ1) is 8.13. The van der Waals surface area contributed by atoms with E-state index in [4.69, 9.17) is 4.74 Å². The van der Waals surface area contributed by atoms with Gasteiger partial charge in [0.15, 0.2) is 0 Å². The molecule has 0 spiro atoms. The van der Waals surface area contributed by atoms with Crippen LogP contribution in [0.3, 0.4) is 0 Å². The van der Waals surface area contributed by atoms with Crippen LogP contribution in [0.25, 0.3) is 0 Å². The second kappa shape index (κ2) is 6.32. The first kappa shape index (κ1) is 12.8. The van der Waals surface area contributed by atoms with Gasteiger partial charge in [0.2, 0.25) is 5.91 Å². The van der Waals surface area contributed by atoms with E-state index < -0.39 is 11.9 Å². The molecule has 0 aromatic heterocycles. The molecule has 0 aliphatic rings. The molecule has 0 aliphatic heterocycles. The van der Waals surface area contributed by atoms with Gasteiger partial charge in [-0.05, 0) is 25.1 Å². The minimum absolute atomic E-state index is 0.474. The summed E-state index contributed by atoms with van der Waals surface area (Å²) in [5, 5.41) is 12.6. The van der Waals surface area contributed by atoms with Crippen LogP contribution in [0.15, 0.2) is 36.4 Å². The first-order valence-corrected chi connectivity index (χ1v) is 5.05. The first-order valence-electron chi connectivity index (χ1n) is 5.05. The molecule has 1 aromatic carbocycles. The minimum Gasteiger partial charge on any atom is -0.545 e. The number of nitrogens with one attached hydrogen (secondary N) is 1. The molecule has 1 rings (SSSR count). The van der Waals surface area contributed by atoms with Crippen molar-refractivity contribution < 1.29 is 19.4 Å². The summed E-state index contributed by atoms with van der Waals surface area (Å²) in [6, 6.07) is 6.88. The Kier molecular flexibility index (Phi) is 4.75. The largest absolute Gasteiger partial charge is 0.545 e. The number of carboxylic acid groups (broad SMARTS) is 1. The van der Waals surface area contributed by atoms with Crippen molar-refractivity contribution in [1.29, 1.82) is 0 Å². The highest BCUT2D eigenvalue weighted by atomic mass is 16.5. The molecule has 0 radical (unpaired) electrons. The molecule has 0 fully saturated rings. The molecule has 0 saturated carbocycles. The Balaban J connectivity index is 2.74. The lowest BCUT2D eigenvalue weighted by Gasteiger charge is -2.09. The molecule has 0 aliphatic carbocycles. The molecule has 90 valence electrons. The van der Waals surface area contributed by atoms with E-state index in [9.17, 15) is 14.7 Å². The molecule has 0 bridgehead atoms. The molecule has 0 atom stereocenters. The van der Waals surface area contributed by atoms with E-state index in [1.54, 1.807) is 24.3 Å². The molecule has 5 heteroatoms. The quantitative estimate of drug-likeness (QED) is 0.745. The van der Waals surface area contributed by atoms with Gasteiger partial charge in [-0.15, -0.1) is 0 Å². The van der Waals surface area contributed by atoms with Crippen molar-refractivity contribution in [2.75, 3.05) is 11.9 Å². The van der Waals surface area contributed by atoms with Crippen LogP contribution >= 0.6 is 0 Å². The molecule has 0 heterocycles. The van der Waals surface area contributed by atoms with Gasteiger partial charge in [-0.1, -0.05) is 12.1 Å². The van der Waals surface area contributed by atoms with Crippen LogP contribution in [0.5, 0.6) is 5.75 Å². The van der Waals surface area contributed by atoms with Crippen molar-refractivity contribution in [2.45, 2.75) is 6.92 Å². The average molecular weight is 234 g/mol. The summed E-state index contributed by atoms with van der Waals surface area (Å²) in [4.78, 5) is 21.5. The molecule has 5 nitrogen and oxygen atoms in total. The third-order valence-corrected chi connectivity index (χ3v) is 1.82. The van der Waals surface area contributed by atoms with Crippen molar-refractivity contribution in [3.8, 4) is 5.75 Å². The van der Waals surface area contributed by atoms with Crippen LogP contribution in [0.1, 0.15) is 6.92 Å². The van der Waals surface area contributed by atoms with E-state index in [1.165, 1.54) is 0 Å². The van der Waals surface area contributed by atoms with Gasteiger partial charge in [-0.25, -0.2) is 0 Å². The third kappa shape index (κ3) is 4.38. The van der Waals surface area contributed by atoms with Gasteiger partial charge in [0.1, 0.15) is 5.75 Å². The van der Waals surface area contributed by atoms with Gasteiger partial charge in [0.25, 0.3) is 0 Å². The Morgan fingerprint density at radius 3 is 2.71 bits per heavy atom. The van der Waals surface area contributed by atoms with Gasteiger partial charge in [0.05, 0.1) is 18.3 Å². The minimum atomic E-state index is -1.42. The van der Waals surface area contributed by atoms with Crippen LogP contribution < -0.4 is 15.2 Å². The molecule has 0 saturated heterocycles. The summed E-state index contributed by atoms with van der Waals surface area (Å²) in [6.07, 6.45) is 1.55. The normalized spacial score (nSPS) is 10.2. The predicted octanol–water partition coefficient (Wildman–Crippen LogP) is 0.330. The Bertz CT molecular complexity index is 440. The maximum atomic E-state index is 11.3. The van der Waals surface area contributed by atoms with Crippen molar-refractivity contribution >= 4 is 17.6 Å². The number of ether oxygens (including phenoxy) is 1. The van der Waals surface area contributed by atoms with E-state index in [-0.39, 0.29) is 0 Å². The van der Waals surface area contributed by atoms with Crippen molar-refractivity contribution in [2.24, 2.45) is 0 Å². The highest BCUT2D eigenvalue weighted by Crippen LogP contribution is 2.23. The average Bonchev–Trinajstić information content (AvgIpc) is 2.29. The number of carbonyl (C=O) groups excluding carboxylic acids is 2. The summed E-state index contributed by atoms with van der Waals surface area (Å²) < 4.78 is 5.30. The number of para-hydroxylation sites is 2. The lowest BCUT2D eigenvalue weighted by atomic mass is 10.3. The number of benzene rings is 1. The molecule has 17 heavy (non-hydrogen) atoms. The summed E-state index contributed by atoms with van der Waals surface area (Å²) in [7, 11) is 0. The van der Waals surface area contributed by atoms with Crippen LogP contribution in [0.2, 0.25) is 0 Å². The Hall–Kier alpha value is -2.30. The summed E-state index contributed by atoms with van der Waals surface area (Å²) in [5.74, 6) is -1.44. The number of amides is 1. The number of carbonyl (C=O) groups is 2. The third-order valence-electron chi connectivity index (χ3n) is 1.82. The topological polar surface area (TPSA) is 78.5 Å². The SMILES string of the molecule is CCOc1ccccc1NC(=O)C=CC(=O)[O-]. The smallest absolute Gasteiger partial charge is 0.248 e. The van der Waals surface area contributed by atoms with Gasteiger partial charge < -0.3 is 20.0 Å². The fourth-order valence-electron chi connectivity index (χ4n) is 1.17. The zero-order valence-corrected chi connectivity index (χ0v) is 9.30. The fraction of sp³-hybridized carbons (Fsp3) is 0.167. The zero-order valence-electron chi connectivity index (χ0n) is 9.30. The Labute approximate surface area is 98.7 Å². The second-order valence-electron chi connectivity index (χ2n) is 3.07. The van der Waals surface area contributed by atoms with E-state index >= 15 is 0 Å². The number of hydrogen-bond donors (Lipinski definition) is 1. The van der Waals surface area contributed by atoms with Crippen LogP contribution in [-0.4, -0.2) is 18.5 Å². The number of anilines is 1. The van der Waals surface area contributed by atoms with Crippen molar-refractivity contribution in [1.82, 2.24) is 0 Å². The summed E-state index contributed by atoms with van der Waals surface area (Å²) in [6.45, 7) is 2.30. The van der Waals surface area contributed by atoms with E-state index in [2.05, 4.69) is 5.32 Å². The van der Waals surface area contributed by atoms with E-state index in [1.807, 2.05) is 6.92 Å². The van der Waals surface area contributed by atoms with Crippen LogP contribution in [0, 0.1) is 0 Å². The van der Waals surface area contributed by atoms with Crippen molar-refractivity contribution in [3.63, 3.8) is 0 Å². The molecule has 1 aromatic rings. The summed E-state index contributed by atoms with van der Waals surface area (Å²) in [5.41, 5.74) is 0.488. The van der Waals surface area contributed by atoms with Crippen LogP contribution in [0.4, 0.5) is 5.69 Å². The predicted molar refractivity (Wildman–Crippen MR) is 60.4 cm³/mol. The maximum absolute atomic E-state index is 11.3. The van der Waals surface area contributed by atoms with Crippen LogP contribution in [-0.2, 0) is 9.59 Å². The van der Waals surface area contributed by atoms with Gasteiger partial charge in [0, 0.05) is 6.08 Å². The standard InChI is InChI=1S/C12H13NO4/c1-2-17-10-6-4-3-5-9(10)13-11(14)7-8-12(15)16/h3-8H,2H2,1H3,(H,13,14)(H,15,16)/p-1. The lowest BCUT2D eigenvalue weighted by Crippen LogP contribution is -2.20. The molecular formula is C12H12NO4-. The van der Waals surface area contributed by atoms with Gasteiger partial charge >= 0.3 is 0 Å². The van der Waals surface area contributed by atoms with E-state index in [0.717, 1.165) is 6.08 Å².